The molecule has 0 amide bonds. The van der Waals surface area contributed by atoms with Gasteiger partial charge in [-0.2, -0.15) is 0 Å². The molecule has 0 aliphatic carbocycles. The van der Waals surface area contributed by atoms with E-state index in [2.05, 4.69) is 6.58 Å². The van der Waals surface area contributed by atoms with Crippen molar-refractivity contribution in [2.45, 2.75) is 38.8 Å². The Labute approximate surface area is 83.9 Å². The number of carbonyl (C=O) groups is 1. The van der Waals surface area contributed by atoms with E-state index in [1.807, 2.05) is 0 Å². The number of rotatable bonds is 3. The fourth-order valence-corrected chi connectivity index (χ4v) is 0.866. The van der Waals surface area contributed by atoms with E-state index < -0.39 is 17.6 Å². The fourth-order valence-electron chi connectivity index (χ4n) is 0.699. The van der Waals surface area contributed by atoms with Crippen LogP contribution in [0.25, 0.3) is 0 Å². The van der Waals surface area contributed by atoms with Crippen LogP contribution in [-0.2, 0) is 9.53 Å². The molecule has 1 atom stereocenters. The van der Waals surface area contributed by atoms with E-state index in [1.54, 1.807) is 20.8 Å². The van der Waals surface area contributed by atoms with E-state index in [0.29, 0.717) is 5.03 Å². The second kappa shape index (κ2) is 4.63. The largest absolute Gasteiger partial charge is 0.459 e. The molecule has 0 saturated heterocycles. The standard InChI is InChI=1S/C9H16ClNO2/c1-6(10)5-7(11)8(12)13-9(2,3)4/h7H,1,5,11H2,2-4H3/t7-/m1/s1. The van der Waals surface area contributed by atoms with E-state index >= 15 is 0 Å². The second-order valence-corrected chi connectivity index (χ2v) is 4.40. The Morgan fingerprint density at radius 3 is 2.38 bits per heavy atom. The van der Waals surface area contributed by atoms with Gasteiger partial charge in [-0.05, 0) is 20.8 Å². The molecule has 0 rings (SSSR count). The highest BCUT2D eigenvalue weighted by molar-refractivity contribution is 6.29. The van der Waals surface area contributed by atoms with Gasteiger partial charge in [-0.25, -0.2) is 0 Å². The molecule has 0 heterocycles. The van der Waals surface area contributed by atoms with Crippen LogP contribution in [0.1, 0.15) is 27.2 Å². The summed E-state index contributed by atoms with van der Waals surface area (Å²) in [4.78, 5) is 11.2. The first-order chi connectivity index (χ1) is 5.72. The molecule has 0 spiro atoms. The Bertz CT molecular complexity index is 208. The summed E-state index contributed by atoms with van der Waals surface area (Å²) in [5.74, 6) is -0.450. The van der Waals surface area contributed by atoms with Gasteiger partial charge in [0, 0.05) is 11.5 Å². The molecule has 0 fully saturated rings. The van der Waals surface area contributed by atoms with E-state index in [-0.39, 0.29) is 6.42 Å². The maximum atomic E-state index is 11.2. The number of carbonyl (C=O) groups excluding carboxylic acids is 1. The van der Waals surface area contributed by atoms with Crippen LogP contribution in [0.4, 0.5) is 0 Å². The molecular formula is C9H16ClNO2. The van der Waals surface area contributed by atoms with Crippen molar-refractivity contribution in [3.63, 3.8) is 0 Å². The average Bonchev–Trinajstić information content (AvgIpc) is 1.81. The van der Waals surface area contributed by atoms with Gasteiger partial charge in [0.2, 0.25) is 0 Å². The predicted octanol–water partition coefficient (Wildman–Crippen LogP) is 1.80. The Morgan fingerprint density at radius 2 is 2.08 bits per heavy atom. The number of ether oxygens (including phenoxy) is 1. The van der Waals surface area contributed by atoms with Gasteiger partial charge < -0.3 is 10.5 Å². The Hall–Kier alpha value is -0.540. The summed E-state index contributed by atoms with van der Waals surface area (Å²) in [6.45, 7) is 8.81. The first-order valence-electron chi connectivity index (χ1n) is 4.04. The van der Waals surface area contributed by atoms with Crippen LogP contribution in [0, 0.1) is 0 Å². The summed E-state index contributed by atoms with van der Waals surface area (Å²) >= 11 is 5.51. The molecule has 0 aromatic heterocycles. The molecule has 2 N–H and O–H groups in total. The van der Waals surface area contributed by atoms with Crippen molar-refractivity contribution < 1.29 is 9.53 Å². The minimum absolute atomic E-state index is 0.246. The molecular weight excluding hydrogens is 190 g/mol. The van der Waals surface area contributed by atoms with Crippen LogP contribution in [0.5, 0.6) is 0 Å². The number of halogens is 1. The minimum Gasteiger partial charge on any atom is -0.459 e. The summed E-state index contributed by atoms with van der Waals surface area (Å²) < 4.78 is 5.04. The van der Waals surface area contributed by atoms with Crippen molar-refractivity contribution >= 4 is 17.6 Å². The highest BCUT2D eigenvalue weighted by atomic mass is 35.5. The SMILES string of the molecule is C=C(Cl)C[C@@H](N)C(=O)OC(C)(C)C. The van der Waals surface area contributed by atoms with E-state index in [9.17, 15) is 4.79 Å². The molecule has 0 radical (unpaired) electrons. The third-order valence-electron chi connectivity index (χ3n) is 1.15. The van der Waals surface area contributed by atoms with Crippen molar-refractivity contribution in [3.05, 3.63) is 11.6 Å². The Kier molecular flexibility index (Phi) is 4.44. The summed E-state index contributed by atoms with van der Waals surface area (Å²) in [5, 5.41) is 0.360. The maximum absolute atomic E-state index is 11.2. The summed E-state index contributed by atoms with van der Waals surface area (Å²) in [6, 6.07) is -0.718. The van der Waals surface area contributed by atoms with Crippen LogP contribution in [0.2, 0.25) is 0 Å². The van der Waals surface area contributed by atoms with E-state index in [4.69, 9.17) is 22.1 Å². The zero-order chi connectivity index (χ0) is 10.6. The zero-order valence-corrected chi connectivity index (χ0v) is 9.02. The van der Waals surface area contributed by atoms with Crippen molar-refractivity contribution in [2.75, 3.05) is 0 Å². The second-order valence-electron chi connectivity index (χ2n) is 3.86. The lowest BCUT2D eigenvalue weighted by atomic mass is 10.1. The maximum Gasteiger partial charge on any atom is 0.323 e. The van der Waals surface area contributed by atoms with Crippen molar-refractivity contribution in [1.29, 1.82) is 0 Å². The topological polar surface area (TPSA) is 52.3 Å². The summed E-state index contributed by atoms with van der Waals surface area (Å²) in [5.41, 5.74) is 4.99. The monoisotopic (exact) mass is 205 g/mol. The van der Waals surface area contributed by atoms with Crippen molar-refractivity contribution in [1.82, 2.24) is 0 Å². The molecule has 3 nitrogen and oxygen atoms in total. The predicted molar refractivity (Wildman–Crippen MR) is 53.4 cm³/mol. The molecule has 13 heavy (non-hydrogen) atoms. The van der Waals surface area contributed by atoms with Gasteiger partial charge in [0.05, 0.1) is 0 Å². The molecule has 76 valence electrons. The number of nitrogens with two attached hydrogens (primary N) is 1. The lowest BCUT2D eigenvalue weighted by Gasteiger charge is -2.21. The highest BCUT2D eigenvalue weighted by Crippen LogP contribution is 2.12. The van der Waals surface area contributed by atoms with E-state index in [0.717, 1.165) is 0 Å². The quantitative estimate of drug-likeness (QED) is 0.715. The Morgan fingerprint density at radius 1 is 1.62 bits per heavy atom. The molecule has 0 aliphatic heterocycles. The molecule has 0 unspecified atom stereocenters. The van der Waals surface area contributed by atoms with Gasteiger partial charge in [-0.1, -0.05) is 18.2 Å². The molecule has 4 heteroatoms. The smallest absolute Gasteiger partial charge is 0.323 e. The van der Waals surface area contributed by atoms with E-state index in [1.165, 1.54) is 0 Å². The third-order valence-corrected chi connectivity index (χ3v) is 1.31. The average molecular weight is 206 g/mol. The molecule has 0 bridgehead atoms. The number of hydrogen-bond acceptors (Lipinski definition) is 3. The van der Waals surface area contributed by atoms with Crippen molar-refractivity contribution in [2.24, 2.45) is 5.73 Å². The lowest BCUT2D eigenvalue weighted by molar-refractivity contribution is -0.156. The first-order valence-corrected chi connectivity index (χ1v) is 4.42. The third kappa shape index (κ3) is 6.61. The van der Waals surface area contributed by atoms with Crippen LogP contribution < -0.4 is 5.73 Å². The lowest BCUT2D eigenvalue weighted by Crippen LogP contribution is -2.37. The fraction of sp³-hybridized carbons (Fsp3) is 0.667. The van der Waals surface area contributed by atoms with Gasteiger partial charge in [0.1, 0.15) is 11.6 Å². The van der Waals surface area contributed by atoms with Crippen LogP contribution in [0.3, 0.4) is 0 Å². The minimum atomic E-state index is -0.718. The van der Waals surface area contributed by atoms with Crippen LogP contribution in [0.15, 0.2) is 11.6 Å². The van der Waals surface area contributed by atoms with Gasteiger partial charge in [-0.3, -0.25) is 4.79 Å². The normalized spacial score (nSPS) is 13.6. The van der Waals surface area contributed by atoms with Gasteiger partial charge in [0.25, 0.3) is 0 Å². The summed E-state index contributed by atoms with van der Waals surface area (Å²) in [7, 11) is 0. The van der Waals surface area contributed by atoms with Crippen LogP contribution >= 0.6 is 11.6 Å². The van der Waals surface area contributed by atoms with Crippen molar-refractivity contribution in [3.8, 4) is 0 Å². The molecule has 0 aliphatic rings. The Balaban J connectivity index is 4.05. The molecule has 0 aromatic rings. The number of hydrogen-bond donors (Lipinski definition) is 1. The summed E-state index contributed by atoms with van der Waals surface area (Å²) in [6.07, 6.45) is 0.246. The van der Waals surface area contributed by atoms with Gasteiger partial charge >= 0.3 is 5.97 Å². The first kappa shape index (κ1) is 12.5. The van der Waals surface area contributed by atoms with Gasteiger partial charge in [0.15, 0.2) is 0 Å². The zero-order valence-electron chi connectivity index (χ0n) is 8.26. The number of esters is 1. The highest BCUT2D eigenvalue weighted by Gasteiger charge is 2.22. The van der Waals surface area contributed by atoms with Gasteiger partial charge in [-0.15, -0.1) is 0 Å². The van der Waals surface area contributed by atoms with Crippen LogP contribution in [-0.4, -0.2) is 17.6 Å². The molecule has 0 saturated carbocycles. The molecule has 0 aromatic carbocycles.